The molecule has 0 spiro atoms. The van der Waals surface area contributed by atoms with Crippen molar-refractivity contribution >= 4 is 27.7 Å². The Balaban J connectivity index is 5.17. The summed E-state index contributed by atoms with van der Waals surface area (Å²) in [6.07, 6.45) is 3.03. The Bertz CT molecular complexity index is 452. The molecule has 4 atom stereocenters. The number of carbonyl (C=O) groups excluding carboxylic acids is 3. The lowest BCUT2D eigenvalue weighted by Crippen LogP contribution is -2.55. The number of hydrogen-bond acceptors (Lipinski definition) is 9. The molecule has 27 heavy (non-hydrogen) atoms. The van der Waals surface area contributed by atoms with Crippen LogP contribution in [-0.2, 0) is 14.4 Å². The second-order valence-electron chi connectivity index (χ2n) is 7.17. The first kappa shape index (κ1) is 26.2. The minimum Gasteiger partial charge on any atom is -0.304 e. The highest BCUT2D eigenvalue weighted by atomic mass is 31.0. The summed E-state index contributed by atoms with van der Waals surface area (Å²) in [5.41, 5.74) is 10.9. The van der Waals surface area contributed by atoms with Crippen LogP contribution in [0.15, 0.2) is 0 Å². The van der Waals surface area contributed by atoms with Gasteiger partial charge in [0.05, 0.1) is 24.8 Å². The van der Waals surface area contributed by atoms with Crippen molar-refractivity contribution in [3.8, 4) is 0 Å². The molecule has 158 valence electrons. The van der Waals surface area contributed by atoms with Crippen LogP contribution in [0.1, 0.15) is 47.0 Å². The number of hydrogen-bond donors (Lipinski definition) is 4. The average Bonchev–Trinajstić information content (AvgIpc) is 2.60. The zero-order valence-electron chi connectivity index (χ0n) is 16.9. The number of nitrogens with one attached hydrogen (secondary N) is 2. The molecule has 6 N–H and O–H groups in total. The third kappa shape index (κ3) is 10.9. The Kier molecular flexibility index (Phi) is 13.8. The van der Waals surface area contributed by atoms with Crippen molar-refractivity contribution < 1.29 is 14.4 Å². The minimum absolute atomic E-state index is 0.00293. The molecule has 9 nitrogen and oxygen atoms in total. The molecule has 0 aromatic rings. The number of rotatable bonds is 16. The summed E-state index contributed by atoms with van der Waals surface area (Å²) in [5, 5.41) is 7.79. The van der Waals surface area contributed by atoms with E-state index < -0.39 is 12.3 Å². The quantitative estimate of drug-likeness (QED) is 0.0889. The molecule has 0 amide bonds. The van der Waals surface area contributed by atoms with Gasteiger partial charge in [0.1, 0.15) is 24.6 Å². The summed E-state index contributed by atoms with van der Waals surface area (Å²) in [6.45, 7) is 8.18. The topological polar surface area (TPSA) is 134 Å². The molecule has 0 radical (unpaired) electrons. The Morgan fingerprint density at radius 3 is 2.15 bits per heavy atom. The maximum Gasteiger partial charge on any atom is 0.146 e. The highest BCUT2D eigenvalue weighted by Crippen LogP contribution is 2.20. The SMILES string of the molecule is CC(=O)[C@H](C)NCN([C@H](C=O)CCCNC(N)N)N(P)[C@H](C=O)CC(C)C. The van der Waals surface area contributed by atoms with Gasteiger partial charge >= 0.3 is 0 Å². The second-order valence-corrected chi connectivity index (χ2v) is 7.70. The normalized spacial score (nSPS) is 15.4. The molecular weight excluding hydrogens is 367 g/mol. The van der Waals surface area contributed by atoms with E-state index in [2.05, 4.69) is 20.0 Å². The van der Waals surface area contributed by atoms with Crippen LogP contribution in [0.3, 0.4) is 0 Å². The van der Waals surface area contributed by atoms with E-state index in [4.69, 9.17) is 11.5 Å². The molecule has 1 unspecified atom stereocenters. The lowest BCUT2D eigenvalue weighted by Gasteiger charge is -2.39. The number of Topliss-reactive ketones (excluding diaryl/α,β-unsaturated/α-hetero) is 1. The Morgan fingerprint density at radius 1 is 1.11 bits per heavy atom. The average molecular weight is 404 g/mol. The molecule has 0 aliphatic carbocycles. The zero-order valence-corrected chi connectivity index (χ0v) is 18.1. The van der Waals surface area contributed by atoms with Crippen molar-refractivity contribution in [1.29, 1.82) is 0 Å². The third-order valence-electron chi connectivity index (χ3n) is 4.27. The van der Waals surface area contributed by atoms with Gasteiger partial charge in [-0.15, -0.1) is 0 Å². The molecule has 0 aromatic heterocycles. The molecule has 0 aliphatic rings. The van der Waals surface area contributed by atoms with Crippen LogP contribution in [0.4, 0.5) is 0 Å². The standard InChI is InChI=1S/C17H37N6O3P/c1-12(2)8-16(10-25)23(27)22(11-21-13(3)14(4)26)15(9-24)6-5-7-20-17(18)19/h9-10,12-13,15-17,20-21H,5-8,11,18-19,27H2,1-4H3/t13-,15-,16-/m0/s1. The van der Waals surface area contributed by atoms with Crippen LogP contribution < -0.4 is 22.1 Å². The van der Waals surface area contributed by atoms with Gasteiger partial charge < -0.3 is 21.1 Å². The number of ketones is 1. The first-order valence-electron chi connectivity index (χ1n) is 9.33. The van der Waals surface area contributed by atoms with Crippen LogP contribution in [-0.4, -0.2) is 65.8 Å². The summed E-state index contributed by atoms with van der Waals surface area (Å²) in [4.78, 5) is 34.9. The number of carbonyl (C=O) groups is 3. The molecular formula is C17H37N6O3P. The van der Waals surface area contributed by atoms with E-state index in [1.165, 1.54) is 6.92 Å². The Labute approximate surface area is 165 Å². The Hall–Kier alpha value is -0.800. The fourth-order valence-corrected chi connectivity index (χ4v) is 2.96. The van der Waals surface area contributed by atoms with Crippen molar-refractivity contribution in [2.75, 3.05) is 13.2 Å². The van der Waals surface area contributed by atoms with Gasteiger partial charge in [-0.25, -0.2) is 9.79 Å². The van der Waals surface area contributed by atoms with E-state index >= 15 is 0 Å². The maximum absolute atomic E-state index is 11.8. The van der Waals surface area contributed by atoms with Gasteiger partial charge in [-0.3, -0.25) is 15.4 Å². The van der Waals surface area contributed by atoms with Crippen molar-refractivity contribution in [2.24, 2.45) is 17.4 Å². The fraction of sp³-hybridized carbons (Fsp3) is 0.824. The van der Waals surface area contributed by atoms with Gasteiger partial charge in [-0.1, -0.05) is 13.8 Å². The van der Waals surface area contributed by atoms with Gasteiger partial charge in [0, 0.05) is 0 Å². The van der Waals surface area contributed by atoms with Gasteiger partial charge in [0.15, 0.2) is 0 Å². The Morgan fingerprint density at radius 2 is 1.70 bits per heavy atom. The van der Waals surface area contributed by atoms with Gasteiger partial charge in [-0.05, 0) is 55.0 Å². The van der Waals surface area contributed by atoms with Crippen molar-refractivity contribution in [1.82, 2.24) is 20.4 Å². The number of hydrazine groups is 1. The van der Waals surface area contributed by atoms with Crippen molar-refractivity contribution in [2.45, 2.75) is 71.4 Å². The van der Waals surface area contributed by atoms with Crippen LogP contribution in [0.25, 0.3) is 0 Å². The lowest BCUT2D eigenvalue weighted by molar-refractivity contribution is -0.126. The predicted molar refractivity (Wildman–Crippen MR) is 110 cm³/mol. The monoisotopic (exact) mass is 404 g/mol. The summed E-state index contributed by atoms with van der Waals surface area (Å²) in [5.74, 6) is 0.322. The minimum atomic E-state index is -0.599. The summed E-state index contributed by atoms with van der Waals surface area (Å²) in [7, 11) is 2.53. The highest BCUT2D eigenvalue weighted by molar-refractivity contribution is 7.13. The molecule has 10 heteroatoms. The first-order valence-corrected chi connectivity index (χ1v) is 9.85. The largest absolute Gasteiger partial charge is 0.304 e. The summed E-state index contributed by atoms with van der Waals surface area (Å²) in [6, 6.07) is -1.20. The second kappa shape index (κ2) is 14.2. The van der Waals surface area contributed by atoms with Crippen LogP contribution in [0, 0.1) is 5.92 Å². The van der Waals surface area contributed by atoms with Crippen LogP contribution in [0.5, 0.6) is 0 Å². The van der Waals surface area contributed by atoms with E-state index in [-0.39, 0.29) is 24.5 Å². The van der Waals surface area contributed by atoms with Crippen molar-refractivity contribution in [3.05, 3.63) is 0 Å². The molecule has 0 rings (SSSR count). The number of nitrogens with zero attached hydrogens (tertiary/aromatic N) is 2. The van der Waals surface area contributed by atoms with E-state index in [1.54, 1.807) is 16.7 Å². The van der Waals surface area contributed by atoms with Crippen LogP contribution >= 0.6 is 9.39 Å². The summed E-state index contributed by atoms with van der Waals surface area (Å²) < 4.78 is 1.72. The molecule has 0 saturated carbocycles. The predicted octanol–water partition coefficient (Wildman–Crippen LogP) is -0.428. The van der Waals surface area contributed by atoms with E-state index in [1.807, 2.05) is 13.8 Å². The maximum atomic E-state index is 11.8. The smallest absolute Gasteiger partial charge is 0.146 e. The molecule has 0 saturated heterocycles. The molecule has 0 fully saturated rings. The van der Waals surface area contributed by atoms with Crippen LogP contribution in [0.2, 0.25) is 0 Å². The fourth-order valence-electron chi connectivity index (χ4n) is 2.51. The summed E-state index contributed by atoms with van der Waals surface area (Å²) >= 11 is 0. The molecule has 0 bridgehead atoms. The lowest BCUT2D eigenvalue weighted by atomic mass is 10.1. The van der Waals surface area contributed by atoms with E-state index in [0.717, 1.165) is 12.6 Å². The number of aldehydes is 2. The third-order valence-corrected chi connectivity index (χ3v) is 4.95. The van der Waals surface area contributed by atoms with E-state index in [0.29, 0.717) is 31.7 Å². The van der Waals surface area contributed by atoms with Gasteiger partial charge in [-0.2, -0.15) is 0 Å². The van der Waals surface area contributed by atoms with Crippen molar-refractivity contribution in [3.63, 3.8) is 0 Å². The van der Waals surface area contributed by atoms with Gasteiger partial charge in [0.2, 0.25) is 0 Å². The highest BCUT2D eigenvalue weighted by Gasteiger charge is 2.28. The molecule has 0 heterocycles. The number of nitrogens with two attached hydrogens (primary N) is 2. The first-order chi connectivity index (χ1) is 12.6. The molecule has 0 aromatic carbocycles. The van der Waals surface area contributed by atoms with E-state index in [9.17, 15) is 14.4 Å². The zero-order chi connectivity index (χ0) is 21.0. The molecule has 0 aliphatic heterocycles. The van der Waals surface area contributed by atoms with Gasteiger partial charge in [0.25, 0.3) is 0 Å².